The van der Waals surface area contributed by atoms with Crippen LogP contribution < -0.4 is 14.4 Å². The van der Waals surface area contributed by atoms with Crippen molar-refractivity contribution in [1.82, 2.24) is 0 Å². The van der Waals surface area contributed by atoms with Crippen molar-refractivity contribution in [2.45, 2.75) is 6.29 Å². The molecule has 5 nitrogen and oxygen atoms in total. The number of carbonyl (C=O) groups is 2. The van der Waals surface area contributed by atoms with Crippen LogP contribution in [-0.2, 0) is 9.59 Å². The molecule has 0 radical (unpaired) electrons. The van der Waals surface area contributed by atoms with Gasteiger partial charge in [0.2, 0.25) is 0 Å². The van der Waals surface area contributed by atoms with Crippen molar-refractivity contribution in [2.75, 3.05) is 4.90 Å². The third kappa shape index (κ3) is 1.52. The van der Waals surface area contributed by atoms with E-state index >= 15 is 0 Å². The molecule has 1 aromatic rings. The SMILES string of the molecule is O=C1C=CC(=O)N1c1ccc2c(c1)OC(F)(F)O2. The second-order valence-corrected chi connectivity index (χ2v) is 3.64. The molecule has 3 rings (SSSR count). The van der Waals surface area contributed by atoms with Crippen molar-refractivity contribution in [3.63, 3.8) is 0 Å². The molecule has 2 aliphatic heterocycles. The molecule has 7 heteroatoms. The van der Waals surface area contributed by atoms with Crippen molar-refractivity contribution < 1.29 is 27.8 Å². The number of hydrogen-bond donors (Lipinski definition) is 0. The first-order chi connectivity index (χ1) is 8.46. The molecule has 0 saturated carbocycles. The van der Waals surface area contributed by atoms with E-state index in [-0.39, 0.29) is 17.2 Å². The Labute approximate surface area is 99.2 Å². The number of hydrogen-bond acceptors (Lipinski definition) is 4. The summed E-state index contributed by atoms with van der Waals surface area (Å²) in [6.07, 6.45) is -1.53. The summed E-state index contributed by atoms with van der Waals surface area (Å²) in [6, 6.07) is 3.69. The second-order valence-electron chi connectivity index (χ2n) is 3.64. The van der Waals surface area contributed by atoms with Crippen molar-refractivity contribution in [3.8, 4) is 11.5 Å². The fraction of sp³-hybridized carbons (Fsp3) is 0.0909. The Morgan fingerprint density at radius 1 is 1.00 bits per heavy atom. The first-order valence-corrected chi connectivity index (χ1v) is 4.92. The zero-order valence-corrected chi connectivity index (χ0v) is 8.72. The van der Waals surface area contributed by atoms with Crippen LogP contribution in [0.15, 0.2) is 30.4 Å². The van der Waals surface area contributed by atoms with Gasteiger partial charge in [0.1, 0.15) is 0 Å². The summed E-state index contributed by atoms with van der Waals surface area (Å²) in [7, 11) is 0. The van der Waals surface area contributed by atoms with E-state index in [0.29, 0.717) is 0 Å². The Kier molecular flexibility index (Phi) is 1.95. The van der Waals surface area contributed by atoms with Crippen LogP contribution in [0.2, 0.25) is 0 Å². The number of amides is 2. The third-order valence-corrected chi connectivity index (χ3v) is 2.45. The number of anilines is 1. The Morgan fingerprint density at radius 3 is 2.28 bits per heavy atom. The molecule has 0 fully saturated rings. The second kappa shape index (κ2) is 3.28. The van der Waals surface area contributed by atoms with Crippen LogP contribution in [-0.4, -0.2) is 18.1 Å². The van der Waals surface area contributed by atoms with Gasteiger partial charge in [0.15, 0.2) is 11.5 Å². The molecule has 92 valence electrons. The molecular formula is C11H5F2NO4. The predicted octanol–water partition coefficient (Wildman–Crippen LogP) is 1.44. The van der Waals surface area contributed by atoms with E-state index in [4.69, 9.17) is 0 Å². The Morgan fingerprint density at radius 2 is 1.61 bits per heavy atom. The van der Waals surface area contributed by atoms with Gasteiger partial charge in [-0.2, -0.15) is 0 Å². The van der Waals surface area contributed by atoms with Gasteiger partial charge in [0, 0.05) is 18.2 Å². The van der Waals surface area contributed by atoms with Crippen LogP contribution in [0.4, 0.5) is 14.5 Å². The normalized spacial score (nSPS) is 19.8. The molecule has 0 atom stereocenters. The van der Waals surface area contributed by atoms with Gasteiger partial charge in [-0.05, 0) is 12.1 Å². The molecule has 2 aliphatic rings. The molecule has 1 aromatic carbocycles. The van der Waals surface area contributed by atoms with Crippen molar-refractivity contribution in [3.05, 3.63) is 30.4 Å². The molecular weight excluding hydrogens is 248 g/mol. The Hall–Kier alpha value is -2.44. The minimum absolute atomic E-state index is 0.143. The van der Waals surface area contributed by atoms with Gasteiger partial charge >= 0.3 is 6.29 Å². The van der Waals surface area contributed by atoms with Gasteiger partial charge in [0.25, 0.3) is 11.8 Å². The molecule has 2 amide bonds. The van der Waals surface area contributed by atoms with E-state index in [1.807, 2.05) is 0 Å². The monoisotopic (exact) mass is 253 g/mol. The number of halogens is 2. The predicted molar refractivity (Wildman–Crippen MR) is 54.3 cm³/mol. The number of rotatable bonds is 1. The number of alkyl halides is 2. The number of carbonyl (C=O) groups excluding carboxylic acids is 2. The van der Waals surface area contributed by atoms with Crippen LogP contribution in [0.25, 0.3) is 0 Å². The molecule has 2 heterocycles. The van der Waals surface area contributed by atoms with E-state index < -0.39 is 18.1 Å². The van der Waals surface area contributed by atoms with Crippen molar-refractivity contribution >= 4 is 17.5 Å². The number of ether oxygens (including phenoxy) is 2. The zero-order chi connectivity index (χ0) is 12.9. The Balaban J connectivity index is 1.98. The molecule has 0 aromatic heterocycles. The van der Waals surface area contributed by atoms with E-state index in [1.54, 1.807) is 0 Å². The molecule has 0 aliphatic carbocycles. The summed E-state index contributed by atoms with van der Waals surface area (Å²) in [5, 5.41) is 0. The summed E-state index contributed by atoms with van der Waals surface area (Å²) in [5.41, 5.74) is 0.148. The molecule has 18 heavy (non-hydrogen) atoms. The highest BCUT2D eigenvalue weighted by molar-refractivity contribution is 6.28. The lowest BCUT2D eigenvalue weighted by atomic mass is 10.2. The lowest BCUT2D eigenvalue weighted by Gasteiger charge is -2.13. The summed E-state index contributed by atoms with van der Waals surface area (Å²) >= 11 is 0. The average molecular weight is 253 g/mol. The minimum Gasteiger partial charge on any atom is -0.395 e. The van der Waals surface area contributed by atoms with Crippen molar-refractivity contribution in [1.29, 1.82) is 0 Å². The standard InChI is InChI=1S/C11H5F2NO4/c12-11(13)17-7-2-1-6(5-8(7)18-11)14-9(15)3-4-10(14)16/h1-5H. The van der Waals surface area contributed by atoms with Crippen LogP contribution in [0, 0.1) is 0 Å². The average Bonchev–Trinajstić information content (AvgIpc) is 2.76. The summed E-state index contributed by atoms with van der Waals surface area (Å²) in [5.74, 6) is -1.43. The first kappa shape index (κ1) is 10.7. The topological polar surface area (TPSA) is 55.8 Å². The highest BCUT2D eigenvalue weighted by atomic mass is 19.3. The number of imide groups is 1. The molecule has 0 bridgehead atoms. The molecule has 0 saturated heterocycles. The van der Waals surface area contributed by atoms with Gasteiger partial charge in [-0.15, -0.1) is 8.78 Å². The number of fused-ring (bicyclic) bond motifs is 1. The van der Waals surface area contributed by atoms with E-state index in [2.05, 4.69) is 9.47 Å². The zero-order valence-electron chi connectivity index (χ0n) is 8.72. The summed E-state index contributed by atoms with van der Waals surface area (Å²) in [6.45, 7) is 0. The van der Waals surface area contributed by atoms with Crippen molar-refractivity contribution in [2.24, 2.45) is 0 Å². The smallest absolute Gasteiger partial charge is 0.395 e. The minimum atomic E-state index is -3.72. The van der Waals surface area contributed by atoms with Gasteiger partial charge in [-0.3, -0.25) is 9.59 Å². The largest absolute Gasteiger partial charge is 0.586 e. The third-order valence-electron chi connectivity index (χ3n) is 2.45. The van der Waals surface area contributed by atoms with Gasteiger partial charge < -0.3 is 9.47 Å². The summed E-state index contributed by atoms with van der Waals surface area (Å²) in [4.78, 5) is 23.7. The van der Waals surface area contributed by atoms with Crippen LogP contribution in [0.1, 0.15) is 0 Å². The molecule has 0 unspecified atom stereocenters. The van der Waals surface area contributed by atoms with Crippen LogP contribution in [0.3, 0.4) is 0 Å². The Bertz CT molecular complexity index is 579. The van der Waals surface area contributed by atoms with Gasteiger partial charge in [-0.25, -0.2) is 4.90 Å². The van der Waals surface area contributed by atoms with Gasteiger partial charge in [0.05, 0.1) is 5.69 Å². The first-order valence-electron chi connectivity index (χ1n) is 4.92. The maximum absolute atomic E-state index is 12.8. The highest BCUT2D eigenvalue weighted by Crippen LogP contribution is 2.43. The lowest BCUT2D eigenvalue weighted by Crippen LogP contribution is -2.29. The number of nitrogens with zero attached hydrogens (tertiary/aromatic N) is 1. The van der Waals surface area contributed by atoms with Crippen LogP contribution >= 0.6 is 0 Å². The van der Waals surface area contributed by atoms with Crippen LogP contribution in [0.5, 0.6) is 11.5 Å². The highest BCUT2D eigenvalue weighted by Gasteiger charge is 2.43. The lowest BCUT2D eigenvalue weighted by molar-refractivity contribution is -0.286. The molecule has 0 N–H and O–H groups in total. The fourth-order valence-corrected chi connectivity index (χ4v) is 1.73. The van der Waals surface area contributed by atoms with E-state index in [0.717, 1.165) is 23.1 Å². The number of benzene rings is 1. The maximum Gasteiger partial charge on any atom is 0.586 e. The van der Waals surface area contributed by atoms with Gasteiger partial charge in [-0.1, -0.05) is 0 Å². The van der Waals surface area contributed by atoms with E-state index in [1.165, 1.54) is 12.1 Å². The van der Waals surface area contributed by atoms with E-state index in [9.17, 15) is 18.4 Å². The maximum atomic E-state index is 12.8. The quantitative estimate of drug-likeness (QED) is 0.710. The fourth-order valence-electron chi connectivity index (χ4n) is 1.73. The molecule has 0 spiro atoms. The summed E-state index contributed by atoms with van der Waals surface area (Å²) < 4.78 is 34.0.